The number of amides is 1. The standard InChI is InChI=1S/C3H9O2Si.C2H5NO2/c1-4-6(3)5-2;1-3-2(4)5/h1-3H3;3H,1H3,(H,4,5)/q+1;/p-1. The van der Waals surface area contributed by atoms with E-state index in [2.05, 4.69) is 0 Å². The molecule has 0 radical (unpaired) electrons. The van der Waals surface area contributed by atoms with Crippen molar-refractivity contribution in [2.45, 2.75) is 6.55 Å². The van der Waals surface area contributed by atoms with Crippen molar-refractivity contribution in [1.82, 2.24) is 5.32 Å². The van der Waals surface area contributed by atoms with E-state index in [9.17, 15) is 0 Å². The number of nitrogens with one attached hydrogen (secondary N) is 1. The molecule has 0 bridgehead atoms. The quantitative estimate of drug-likeness (QED) is 0.549. The second-order valence-corrected chi connectivity index (χ2v) is 3.24. The Morgan fingerprint density at radius 3 is 1.73 bits per heavy atom. The molecule has 11 heavy (non-hydrogen) atoms. The lowest BCUT2D eigenvalue weighted by molar-refractivity contribution is -0.250. The predicted octanol–water partition coefficient (Wildman–Crippen LogP) is -1.05. The summed E-state index contributed by atoms with van der Waals surface area (Å²) in [4.78, 5) is 9.15. The van der Waals surface area contributed by atoms with E-state index in [-0.39, 0.29) is 0 Å². The van der Waals surface area contributed by atoms with Crippen LogP contribution in [0.4, 0.5) is 4.79 Å². The Bertz CT molecular complexity index is 96.5. The monoisotopic (exact) mass is 179 g/mol. The molecule has 0 fully saturated rings. The molecule has 5 nitrogen and oxygen atoms in total. The third-order valence-electron chi connectivity index (χ3n) is 0.779. The Morgan fingerprint density at radius 1 is 1.45 bits per heavy atom. The van der Waals surface area contributed by atoms with Gasteiger partial charge in [0.1, 0.15) is 12.6 Å². The van der Waals surface area contributed by atoms with E-state index in [1.54, 1.807) is 14.2 Å². The highest BCUT2D eigenvalue weighted by molar-refractivity contribution is 6.42. The first kappa shape index (κ1) is 13.0. The lowest BCUT2D eigenvalue weighted by atomic mass is 11.1. The van der Waals surface area contributed by atoms with Crippen LogP contribution in [0.5, 0.6) is 0 Å². The molecule has 0 aromatic heterocycles. The lowest BCUT2D eigenvalue weighted by Gasteiger charge is -1.92. The molecule has 0 spiro atoms. The van der Waals surface area contributed by atoms with E-state index in [1.165, 1.54) is 7.05 Å². The molecule has 1 N–H and O–H groups in total. The zero-order valence-electron chi connectivity index (χ0n) is 7.13. The molecule has 1 amide bonds. The molecule has 0 aromatic carbocycles. The van der Waals surface area contributed by atoms with Crippen molar-refractivity contribution in [2.75, 3.05) is 21.3 Å². The Morgan fingerprint density at radius 2 is 1.73 bits per heavy atom. The number of rotatable bonds is 2. The van der Waals surface area contributed by atoms with Gasteiger partial charge < -0.3 is 15.2 Å². The first-order chi connectivity index (χ1) is 5.08. The van der Waals surface area contributed by atoms with Crippen LogP contribution >= 0.6 is 0 Å². The molecule has 0 aromatic rings. The van der Waals surface area contributed by atoms with Gasteiger partial charge in [-0.3, -0.25) is 0 Å². The fourth-order valence-corrected chi connectivity index (χ4v) is 0.250. The summed E-state index contributed by atoms with van der Waals surface area (Å²) in [5.74, 6) is 0. The number of carbonyl (C=O) groups is 1. The molecule has 0 saturated carbocycles. The topological polar surface area (TPSA) is 70.6 Å². The molecule has 0 unspecified atom stereocenters. The SMILES string of the molecule is CNC(=O)[O-].CO[Si+](C)OC. The van der Waals surface area contributed by atoms with Gasteiger partial charge in [-0.25, -0.2) is 8.85 Å². The highest BCUT2D eigenvalue weighted by Gasteiger charge is 2.17. The van der Waals surface area contributed by atoms with Gasteiger partial charge in [-0.1, -0.05) is 0 Å². The number of hydrogen-bond acceptors (Lipinski definition) is 4. The molecular weight excluding hydrogens is 166 g/mol. The lowest BCUT2D eigenvalue weighted by Crippen LogP contribution is -2.33. The predicted molar refractivity (Wildman–Crippen MR) is 40.1 cm³/mol. The maximum Gasteiger partial charge on any atom is 0.639 e. The van der Waals surface area contributed by atoms with Crippen molar-refractivity contribution in [3.8, 4) is 0 Å². The van der Waals surface area contributed by atoms with Crippen LogP contribution in [0.2, 0.25) is 6.55 Å². The van der Waals surface area contributed by atoms with Crippen LogP contribution in [-0.2, 0) is 8.85 Å². The van der Waals surface area contributed by atoms with Crippen molar-refractivity contribution in [3.63, 3.8) is 0 Å². The summed E-state index contributed by atoms with van der Waals surface area (Å²) >= 11 is 0. The van der Waals surface area contributed by atoms with Crippen LogP contribution in [0.15, 0.2) is 0 Å². The first-order valence-electron chi connectivity index (χ1n) is 2.88. The van der Waals surface area contributed by atoms with Crippen LogP contribution in [0, 0.1) is 0 Å². The summed E-state index contributed by atoms with van der Waals surface area (Å²) in [6, 6.07) is 0. The fourth-order valence-electron chi connectivity index (χ4n) is 0.0833. The minimum Gasteiger partial charge on any atom is -0.530 e. The number of carbonyl (C=O) groups excluding carboxylic acids is 1. The van der Waals surface area contributed by atoms with E-state index < -0.39 is 15.4 Å². The molecule has 0 aliphatic carbocycles. The summed E-state index contributed by atoms with van der Waals surface area (Å²) in [7, 11) is 3.72. The van der Waals surface area contributed by atoms with E-state index in [4.69, 9.17) is 18.8 Å². The molecular formula is C5H13NO4Si. The Labute approximate surface area is 68.2 Å². The van der Waals surface area contributed by atoms with Gasteiger partial charge >= 0.3 is 9.28 Å². The number of hydrogen-bond donors (Lipinski definition) is 1. The van der Waals surface area contributed by atoms with Gasteiger partial charge in [0, 0.05) is 7.05 Å². The molecule has 0 saturated heterocycles. The highest BCUT2D eigenvalue weighted by atomic mass is 28.3. The van der Waals surface area contributed by atoms with Crippen molar-refractivity contribution in [1.29, 1.82) is 0 Å². The molecule has 66 valence electrons. The minimum atomic E-state index is -1.25. The zero-order chi connectivity index (χ0) is 9.28. The second kappa shape index (κ2) is 9.41. The summed E-state index contributed by atoms with van der Waals surface area (Å²) in [6.45, 7) is 1.94. The van der Waals surface area contributed by atoms with E-state index >= 15 is 0 Å². The Hall–Kier alpha value is -0.593. The molecule has 0 heterocycles. The first-order valence-corrected chi connectivity index (χ1v) is 4.70. The van der Waals surface area contributed by atoms with Crippen molar-refractivity contribution >= 4 is 15.4 Å². The van der Waals surface area contributed by atoms with Crippen molar-refractivity contribution in [3.05, 3.63) is 0 Å². The zero-order valence-corrected chi connectivity index (χ0v) is 8.13. The third-order valence-corrected chi connectivity index (χ3v) is 1.93. The van der Waals surface area contributed by atoms with Crippen molar-refractivity contribution in [2.24, 2.45) is 0 Å². The second-order valence-electron chi connectivity index (χ2n) is 1.44. The van der Waals surface area contributed by atoms with Gasteiger partial charge in [0.2, 0.25) is 0 Å². The highest BCUT2D eigenvalue weighted by Crippen LogP contribution is 1.77. The largest absolute Gasteiger partial charge is 0.639 e. The average molecular weight is 179 g/mol. The van der Waals surface area contributed by atoms with Gasteiger partial charge in [0.25, 0.3) is 0 Å². The summed E-state index contributed by atoms with van der Waals surface area (Å²) in [5.41, 5.74) is 0. The van der Waals surface area contributed by atoms with Gasteiger partial charge in [-0.15, -0.1) is 0 Å². The maximum atomic E-state index is 9.15. The third kappa shape index (κ3) is 17.7. The van der Waals surface area contributed by atoms with Crippen molar-refractivity contribution < 1.29 is 18.8 Å². The summed E-state index contributed by atoms with van der Waals surface area (Å²) < 4.78 is 9.56. The fraction of sp³-hybridized carbons (Fsp3) is 0.800. The van der Waals surface area contributed by atoms with Crippen LogP contribution in [-0.4, -0.2) is 36.6 Å². The Balaban J connectivity index is 0. The maximum absolute atomic E-state index is 9.15. The van der Waals surface area contributed by atoms with Crippen LogP contribution < -0.4 is 10.4 Å². The van der Waals surface area contributed by atoms with E-state index in [0.29, 0.717) is 0 Å². The summed E-state index contributed by atoms with van der Waals surface area (Å²) in [5, 5.41) is 11.0. The van der Waals surface area contributed by atoms with E-state index in [1.807, 2.05) is 11.9 Å². The van der Waals surface area contributed by atoms with Crippen LogP contribution in [0.1, 0.15) is 0 Å². The molecule has 0 atom stereocenters. The van der Waals surface area contributed by atoms with E-state index in [0.717, 1.165) is 0 Å². The van der Waals surface area contributed by atoms with Gasteiger partial charge in [0.05, 0.1) is 14.2 Å². The Kier molecular flexibility index (Phi) is 11.1. The molecule has 0 aliphatic rings. The summed E-state index contributed by atoms with van der Waals surface area (Å²) in [6.07, 6.45) is -1.25. The molecule has 0 rings (SSSR count). The normalized spacial score (nSPS) is 7.64. The van der Waals surface area contributed by atoms with Gasteiger partial charge in [0.15, 0.2) is 0 Å². The average Bonchev–Trinajstić information content (AvgIpc) is 2.04. The van der Waals surface area contributed by atoms with Crippen LogP contribution in [0.3, 0.4) is 0 Å². The van der Waals surface area contributed by atoms with Gasteiger partial charge in [-0.2, -0.15) is 0 Å². The van der Waals surface area contributed by atoms with Gasteiger partial charge in [-0.05, 0) is 0 Å². The minimum absolute atomic E-state index is 0.868. The molecule has 6 heteroatoms. The van der Waals surface area contributed by atoms with Crippen LogP contribution in [0.25, 0.3) is 0 Å². The molecule has 0 aliphatic heterocycles. The number of carboxylic acid groups (broad SMARTS) is 1. The smallest absolute Gasteiger partial charge is 0.530 e.